The van der Waals surface area contributed by atoms with Crippen LogP contribution in [0.3, 0.4) is 0 Å². The molecule has 0 radical (unpaired) electrons. The standard InChI is InChI=1S/C64H60N2/c1-3-40-30-43-22-21-39(2)58(35-40)64(43)57-19-11-8-16-51(57)53-27-24-49(38-60(53)64)65(47-25-28-62-55(36-47)54-17-9-12-20-61(54)66(62)46-13-5-4-6-14-46)48-23-26-52-50-15-7-10-18-56(50)63(59(52)37-48)44-31-41-29-42(33-44)34-45(63)32-41/h4-20,23-28,36-45,58H,3,21-22,29-35H2,1-2H3/t39-,40?,41?,42?,43?,44?,45?,58?,63?,64?/m0/s1. The summed E-state index contributed by atoms with van der Waals surface area (Å²) in [6.07, 6.45) is 13.7. The number of fused-ring (bicyclic) bond motifs is 9. The predicted molar refractivity (Wildman–Crippen MR) is 273 cm³/mol. The van der Waals surface area contributed by atoms with Crippen molar-refractivity contribution in [2.24, 2.45) is 47.3 Å². The van der Waals surface area contributed by atoms with Gasteiger partial charge in [0.25, 0.3) is 0 Å². The fraction of sp³-hybridized carbons (Fsp3) is 0.344. The van der Waals surface area contributed by atoms with Gasteiger partial charge < -0.3 is 9.47 Å². The Morgan fingerprint density at radius 2 is 1.03 bits per heavy atom. The first kappa shape index (κ1) is 38.3. The Morgan fingerprint density at radius 3 is 1.73 bits per heavy atom. The van der Waals surface area contributed by atoms with Crippen molar-refractivity contribution < 1.29 is 0 Å². The monoisotopic (exact) mass is 856 g/mol. The van der Waals surface area contributed by atoms with Crippen LogP contribution in [0.5, 0.6) is 0 Å². The molecule has 1 heterocycles. The predicted octanol–water partition coefficient (Wildman–Crippen LogP) is 16.7. The van der Waals surface area contributed by atoms with Gasteiger partial charge in [0, 0.05) is 44.4 Å². The maximum Gasteiger partial charge on any atom is 0.0542 e. The third kappa shape index (κ3) is 4.88. The second-order valence-electron chi connectivity index (χ2n) is 22.4. The van der Waals surface area contributed by atoms with E-state index in [1.165, 1.54) is 131 Å². The molecule has 8 aromatic rings. The number of anilines is 3. The number of rotatable bonds is 5. The lowest BCUT2D eigenvalue weighted by atomic mass is 9.43. The Hall–Kier alpha value is -5.86. The van der Waals surface area contributed by atoms with Crippen LogP contribution in [0, 0.1) is 47.3 Å². The Kier molecular flexibility index (Phi) is 8.03. The van der Waals surface area contributed by atoms with Crippen molar-refractivity contribution in [1.29, 1.82) is 0 Å². The summed E-state index contributed by atoms with van der Waals surface area (Å²) in [6.45, 7) is 5.05. The van der Waals surface area contributed by atoms with Crippen LogP contribution >= 0.6 is 0 Å². The van der Waals surface area contributed by atoms with Crippen molar-refractivity contribution >= 4 is 38.9 Å². The first-order valence-corrected chi connectivity index (χ1v) is 25.9. The zero-order chi connectivity index (χ0) is 43.5. The van der Waals surface area contributed by atoms with Crippen molar-refractivity contribution in [1.82, 2.24) is 4.57 Å². The molecule has 2 nitrogen and oxygen atoms in total. The second-order valence-corrected chi connectivity index (χ2v) is 22.4. The summed E-state index contributed by atoms with van der Waals surface area (Å²) in [5.41, 5.74) is 20.1. The second kappa shape index (κ2) is 13.9. The molecular formula is C64H60N2. The lowest BCUT2D eigenvalue weighted by Gasteiger charge is -2.61. The third-order valence-corrected chi connectivity index (χ3v) is 19.8. The molecule has 16 rings (SSSR count). The van der Waals surface area contributed by atoms with Gasteiger partial charge in [0.05, 0.1) is 11.0 Å². The van der Waals surface area contributed by atoms with Gasteiger partial charge in [-0.2, -0.15) is 0 Å². The lowest BCUT2D eigenvalue weighted by Crippen LogP contribution is -2.55. The van der Waals surface area contributed by atoms with Crippen LogP contribution in [-0.2, 0) is 10.8 Å². The van der Waals surface area contributed by atoms with E-state index in [-0.39, 0.29) is 10.8 Å². The van der Waals surface area contributed by atoms with Gasteiger partial charge in [0.2, 0.25) is 0 Å². The van der Waals surface area contributed by atoms with Crippen LogP contribution in [0.15, 0.2) is 158 Å². The maximum absolute atomic E-state index is 2.72. The van der Waals surface area contributed by atoms with E-state index >= 15 is 0 Å². The Balaban J connectivity index is 0.978. The summed E-state index contributed by atoms with van der Waals surface area (Å²) in [6, 6.07) is 62.1. The summed E-state index contributed by atoms with van der Waals surface area (Å²) < 4.78 is 2.46. The lowest BCUT2D eigenvalue weighted by molar-refractivity contribution is -0.0399. The molecule has 326 valence electrons. The molecule has 1 aromatic heterocycles. The molecule has 7 aromatic carbocycles. The van der Waals surface area contributed by atoms with E-state index in [9.17, 15) is 0 Å². The summed E-state index contributed by atoms with van der Waals surface area (Å²) in [7, 11) is 0. The van der Waals surface area contributed by atoms with Gasteiger partial charge in [-0.3, -0.25) is 0 Å². The minimum atomic E-state index is 0.0496. The summed E-state index contributed by atoms with van der Waals surface area (Å²) in [5, 5.41) is 2.60. The molecule has 8 aliphatic rings. The van der Waals surface area contributed by atoms with E-state index in [1.54, 1.807) is 22.3 Å². The number of para-hydroxylation sites is 2. The highest BCUT2D eigenvalue weighted by Crippen LogP contribution is 2.70. The quantitative estimate of drug-likeness (QED) is 0.167. The van der Waals surface area contributed by atoms with Crippen LogP contribution < -0.4 is 4.90 Å². The summed E-state index contributed by atoms with van der Waals surface area (Å²) in [4.78, 5) is 2.69. The number of nitrogens with zero attached hydrogens (tertiary/aromatic N) is 2. The Labute approximate surface area is 390 Å². The van der Waals surface area contributed by atoms with Crippen molar-refractivity contribution in [3.05, 3.63) is 180 Å². The maximum atomic E-state index is 2.72. The van der Waals surface area contributed by atoms with E-state index in [1.807, 2.05) is 0 Å². The Bertz CT molecular complexity index is 3250. The third-order valence-electron chi connectivity index (χ3n) is 19.8. The van der Waals surface area contributed by atoms with Gasteiger partial charge in [0.1, 0.15) is 0 Å². The van der Waals surface area contributed by atoms with Crippen LogP contribution in [0.25, 0.3) is 49.7 Å². The fourth-order valence-corrected chi connectivity index (χ4v) is 17.6. The van der Waals surface area contributed by atoms with Crippen molar-refractivity contribution in [3.63, 3.8) is 0 Å². The van der Waals surface area contributed by atoms with E-state index in [0.717, 1.165) is 29.6 Å². The number of benzene rings is 7. The van der Waals surface area contributed by atoms with Gasteiger partial charge in [-0.1, -0.05) is 124 Å². The van der Waals surface area contributed by atoms with Crippen LogP contribution in [0.1, 0.15) is 100 Å². The average molecular weight is 857 g/mol. The normalized spacial score (nSPS) is 30.5. The number of hydrogen-bond acceptors (Lipinski definition) is 1. The molecule has 0 amide bonds. The van der Waals surface area contributed by atoms with E-state index in [4.69, 9.17) is 0 Å². The molecule has 6 bridgehead atoms. The molecule has 66 heavy (non-hydrogen) atoms. The molecule has 2 heteroatoms. The molecule has 5 atom stereocenters. The van der Waals surface area contributed by atoms with Crippen molar-refractivity contribution in [2.75, 3.05) is 4.90 Å². The zero-order valence-electron chi connectivity index (χ0n) is 38.6. The van der Waals surface area contributed by atoms with Gasteiger partial charge >= 0.3 is 0 Å². The molecule has 6 fully saturated rings. The van der Waals surface area contributed by atoms with Crippen molar-refractivity contribution in [3.8, 4) is 27.9 Å². The highest BCUT2D eigenvalue weighted by Gasteiger charge is 2.62. The number of aromatic nitrogens is 1. The average Bonchev–Trinajstić information content (AvgIpc) is 3.94. The molecule has 8 aliphatic carbocycles. The summed E-state index contributed by atoms with van der Waals surface area (Å²) in [5.74, 6) is 6.11. The molecular weight excluding hydrogens is 797 g/mol. The summed E-state index contributed by atoms with van der Waals surface area (Å²) >= 11 is 0. The molecule has 4 unspecified atom stereocenters. The van der Waals surface area contributed by atoms with E-state index in [2.05, 4.69) is 181 Å². The van der Waals surface area contributed by atoms with Gasteiger partial charge in [-0.05, 0) is 204 Å². The fourth-order valence-electron chi connectivity index (χ4n) is 17.6. The first-order valence-electron chi connectivity index (χ1n) is 25.9. The topological polar surface area (TPSA) is 8.17 Å². The molecule has 0 saturated heterocycles. The zero-order valence-corrected chi connectivity index (χ0v) is 38.6. The van der Waals surface area contributed by atoms with Crippen LogP contribution in [0.2, 0.25) is 0 Å². The van der Waals surface area contributed by atoms with Crippen LogP contribution in [-0.4, -0.2) is 4.57 Å². The van der Waals surface area contributed by atoms with Gasteiger partial charge in [0.15, 0.2) is 0 Å². The van der Waals surface area contributed by atoms with Gasteiger partial charge in [-0.25, -0.2) is 0 Å². The van der Waals surface area contributed by atoms with Gasteiger partial charge in [-0.15, -0.1) is 0 Å². The highest BCUT2D eigenvalue weighted by molar-refractivity contribution is 6.10. The molecule has 0 N–H and O–H groups in total. The van der Waals surface area contributed by atoms with E-state index in [0.29, 0.717) is 17.8 Å². The minimum absolute atomic E-state index is 0.0496. The Morgan fingerprint density at radius 1 is 0.470 bits per heavy atom. The molecule has 0 aliphatic heterocycles. The highest BCUT2D eigenvalue weighted by atomic mass is 15.1. The first-order chi connectivity index (χ1) is 32.5. The molecule has 2 spiro atoms. The number of hydrogen-bond donors (Lipinski definition) is 0. The minimum Gasteiger partial charge on any atom is -0.310 e. The largest absolute Gasteiger partial charge is 0.310 e. The smallest absolute Gasteiger partial charge is 0.0542 e. The van der Waals surface area contributed by atoms with Crippen molar-refractivity contribution in [2.45, 2.75) is 88.9 Å². The SMILES string of the molecule is CCC1CC2CC[C@H](C)C(C1)C21c2ccccc2-c2ccc(N(c3ccc4c(c3)C3(c5ccccc5-4)C4CC5CC(C4)CC3C5)c3ccc4c(c3)c3ccccc3n4-c3ccccc3)cc21. The van der Waals surface area contributed by atoms with E-state index < -0.39 is 0 Å². The van der Waals surface area contributed by atoms with Crippen LogP contribution in [0.4, 0.5) is 17.1 Å². The molecule has 6 saturated carbocycles.